The number of hydrogen-bond donors (Lipinski definition) is 5. The molecular formula is C10H16N6O3. The predicted molar refractivity (Wildman–Crippen MR) is 69.7 cm³/mol. The highest BCUT2D eigenvalue weighted by molar-refractivity contribution is 5.92. The lowest BCUT2D eigenvalue weighted by molar-refractivity contribution is 0.253. The number of primary amides is 2. The number of aliphatic hydroxyl groups is 1. The Balaban J connectivity index is 3.21. The van der Waals surface area contributed by atoms with Gasteiger partial charge < -0.3 is 16.6 Å². The second-order valence-corrected chi connectivity index (χ2v) is 3.70. The van der Waals surface area contributed by atoms with Crippen LogP contribution in [0.15, 0.2) is 18.2 Å². The van der Waals surface area contributed by atoms with Crippen molar-refractivity contribution in [1.82, 2.24) is 0 Å². The lowest BCUT2D eigenvalue weighted by atomic mass is 10.1. The van der Waals surface area contributed by atoms with Crippen LogP contribution in [0.25, 0.3) is 0 Å². The van der Waals surface area contributed by atoms with Crippen molar-refractivity contribution >= 4 is 23.4 Å². The summed E-state index contributed by atoms with van der Waals surface area (Å²) in [4.78, 5) is 22.0. The van der Waals surface area contributed by atoms with Crippen LogP contribution >= 0.6 is 0 Å². The quantitative estimate of drug-likeness (QED) is 0.261. The molecule has 4 amide bonds. The van der Waals surface area contributed by atoms with E-state index in [0.29, 0.717) is 16.9 Å². The predicted octanol–water partition coefficient (Wildman–Crippen LogP) is -1.26. The first kappa shape index (κ1) is 14.7. The Morgan fingerprint density at radius 3 is 2.16 bits per heavy atom. The van der Waals surface area contributed by atoms with Gasteiger partial charge in [-0.1, -0.05) is 0 Å². The molecular weight excluding hydrogens is 252 g/mol. The Morgan fingerprint density at radius 1 is 1.11 bits per heavy atom. The molecule has 0 bridgehead atoms. The van der Waals surface area contributed by atoms with Gasteiger partial charge >= 0.3 is 12.1 Å². The summed E-state index contributed by atoms with van der Waals surface area (Å²) >= 11 is 0. The van der Waals surface area contributed by atoms with Gasteiger partial charge in [0.25, 0.3) is 0 Å². The zero-order valence-electron chi connectivity index (χ0n) is 10.1. The molecule has 0 heterocycles. The van der Waals surface area contributed by atoms with E-state index in [9.17, 15) is 9.59 Å². The second-order valence-electron chi connectivity index (χ2n) is 3.70. The molecule has 9 nitrogen and oxygen atoms in total. The summed E-state index contributed by atoms with van der Waals surface area (Å²) in [6.45, 7) is -0.176. The van der Waals surface area contributed by atoms with Gasteiger partial charge in [-0.3, -0.25) is 0 Å². The number of carbonyl (C=O) groups excluding carboxylic acids is 2. The van der Waals surface area contributed by atoms with Gasteiger partial charge in [0.2, 0.25) is 0 Å². The lowest BCUT2D eigenvalue weighted by Crippen LogP contribution is -2.43. The highest BCUT2D eigenvalue weighted by atomic mass is 16.3. The van der Waals surface area contributed by atoms with Crippen molar-refractivity contribution in [3.63, 3.8) is 0 Å². The molecule has 0 fully saturated rings. The fraction of sp³-hybridized carbons (Fsp3) is 0.200. The molecule has 1 aromatic carbocycles. The Bertz CT molecular complexity index is 492. The Morgan fingerprint density at radius 2 is 1.68 bits per heavy atom. The molecule has 0 atom stereocenters. The molecule has 0 aliphatic heterocycles. The van der Waals surface area contributed by atoms with E-state index >= 15 is 0 Å². The number of nitrogens with two attached hydrogens (primary N) is 4. The van der Waals surface area contributed by atoms with E-state index in [1.54, 1.807) is 0 Å². The summed E-state index contributed by atoms with van der Waals surface area (Å²) in [6.07, 6.45) is 0.205. The molecule has 0 saturated carbocycles. The van der Waals surface area contributed by atoms with Crippen LogP contribution in [-0.4, -0.2) is 23.8 Å². The van der Waals surface area contributed by atoms with Crippen LogP contribution in [0.2, 0.25) is 0 Å². The lowest BCUT2D eigenvalue weighted by Gasteiger charge is -2.20. The Labute approximate surface area is 109 Å². The van der Waals surface area contributed by atoms with Crippen molar-refractivity contribution in [2.24, 2.45) is 23.2 Å². The Kier molecular flexibility index (Phi) is 4.64. The fourth-order valence-corrected chi connectivity index (χ4v) is 1.52. The fourth-order valence-electron chi connectivity index (χ4n) is 1.52. The SMILES string of the molecule is NC(=O)N(N)c1ccc(N(N)C(N)=O)c(CCO)c1. The van der Waals surface area contributed by atoms with Crippen LogP contribution in [0.3, 0.4) is 0 Å². The molecule has 9 N–H and O–H groups in total. The number of aliphatic hydroxyl groups excluding tert-OH is 1. The molecule has 0 saturated heterocycles. The van der Waals surface area contributed by atoms with Crippen molar-refractivity contribution in [3.8, 4) is 0 Å². The first-order valence-electron chi connectivity index (χ1n) is 5.30. The van der Waals surface area contributed by atoms with Gasteiger partial charge in [-0.2, -0.15) is 0 Å². The van der Waals surface area contributed by atoms with Gasteiger partial charge in [0.05, 0.1) is 11.4 Å². The molecule has 1 aromatic rings. The van der Waals surface area contributed by atoms with Crippen LogP contribution in [0.5, 0.6) is 0 Å². The number of rotatable bonds is 4. The van der Waals surface area contributed by atoms with E-state index in [0.717, 1.165) is 10.0 Å². The number of carbonyl (C=O) groups is 2. The second kappa shape index (κ2) is 6.00. The minimum absolute atomic E-state index is 0.176. The number of amides is 4. The first-order chi connectivity index (χ1) is 8.88. The van der Waals surface area contributed by atoms with Gasteiger partial charge in [-0.15, -0.1) is 0 Å². The molecule has 0 aromatic heterocycles. The van der Waals surface area contributed by atoms with Crippen LogP contribution in [-0.2, 0) is 6.42 Å². The number of nitrogens with zero attached hydrogens (tertiary/aromatic N) is 2. The van der Waals surface area contributed by atoms with Crippen molar-refractivity contribution in [2.75, 3.05) is 16.6 Å². The number of hydrazine groups is 2. The maximum absolute atomic E-state index is 11.0. The van der Waals surface area contributed by atoms with Gasteiger partial charge in [0.1, 0.15) is 0 Å². The van der Waals surface area contributed by atoms with Crippen molar-refractivity contribution in [3.05, 3.63) is 23.8 Å². The third-order valence-electron chi connectivity index (χ3n) is 2.46. The number of benzene rings is 1. The third-order valence-corrected chi connectivity index (χ3v) is 2.46. The maximum Gasteiger partial charge on any atom is 0.333 e. The molecule has 0 aliphatic rings. The number of urea groups is 2. The highest BCUT2D eigenvalue weighted by Gasteiger charge is 2.15. The van der Waals surface area contributed by atoms with E-state index in [-0.39, 0.29) is 13.0 Å². The minimum atomic E-state index is -0.855. The number of hydrogen-bond acceptors (Lipinski definition) is 5. The van der Waals surface area contributed by atoms with Crippen LogP contribution in [0.4, 0.5) is 21.0 Å². The topological polar surface area (TPSA) is 165 Å². The summed E-state index contributed by atoms with van der Waals surface area (Å²) < 4.78 is 0. The average molecular weight is 268 g/mol. The van der Waals surface area contributed by atoms with Crippen LogP contribution in [0, 0.1) is 0 Å². The molecule has 9 heteroatoms. The van der Waals surface area contributed by atoms with Gasteiger partial charge in [0, 0.05) is 6.61 Å². The van der Waals surface area contributed by atoms with E-state index in [2.05, 4.69) is 0 Å². The third kappa shape index (κ3) is 3.31. The Hall–Kier alpha value is -2.36. The molecule has 0 aliphatic carbocycles. The van der Waals surface area contributed by atoms with Gasteiger partial charge in [-0.05, 0) is 30.2 Å². The first-order valence-corrected chi connectivity index (χ1v) is 5.30. The largest absolute Gasteiger partial charge is 0.396 e. The van der Waals surface area contributed by atoms with Crippen molar-refractivity contribution in [1.29, 1.82) is 0 Å². The van der Waals surface area contributed by atoms with Crippen molar-refractivity contribution in [2.45, 2.75) is 6.42 Å². The molecule has 0 spiro atoms. The van der Waals surface area contributed by atoms with Gasteiger partial charge in [-0.25, -0.2) is 31.3 Å². The standard InChI is InChI=1S/C10H16N6O3/c11-9(18)15(13)7-1-2-8(16(14)10(12)19)6(5-7)3-4-17/h1-2,5,17H,3-4,13-14H2,(H2,11,18)(H2,12,19). The molecule has 1 rings (SSSR count). The van der Waals surface area contributed by atoms with E-state index in [4.69, 9.17) is 28.3 Å². The summed E-state index contributed by atoms with van der Waals surface area (Å²) in [5.74, 6) is 10.9. The maximum atomic E-state index is 11.0. The van der Waals surface area contributed by atoms with E-state index < -0.39 is 12.1 Å². The zero-order valence-corrected chi connectivity index (χ0v) is 10.1. The van der Waals surface area contributed by atoms with Gasteiger partial charge in [0.15, 0.2) is 0 Å². The van der Waals surface area contributed by atoms with Crippen LogP contribution < -0.4 is 33.2 Å². The monoisotopic (exact) mass is 268 g/mol. The smallest absolute Gasteiger partial charge is 0.333 e. The molecule has 0 radical (unpaired) electrons. The minimum Gasteiger partial charge on any atom is -0.396 e. The number of anilines is 2. The van der Waals surface area contributed by atoms with Crippen LogP contribution in [0.1, 0.15) is 5.56 Å². The highest BCUT2D eigenvalue weighted by Crippen LogP contribution is 2.24. The van der Waals surface area contributed by atoms with Crippen molar-refractivity contribution < 1.29 is 14.7 Å². The molecule has 0 unspecified atom stereocenters. The van der Waals surface area contributed by atoms with E-state index in [1.165, 1.54) is 18.2 Å². The zero-order chi connectivity index (χ0) is 14.6. The molecule has 19 heavy (non-hydrogen) atoms. The molecule has 104 valence electrons. The van der Waals surface area contributed by atoms with E-state index in [1.807, 2.05) is 0 Å². The summed E-state index contributed by atoms with van der Waals surface area (Å²) in [7, 11) is 0. The average Bonchev–Trinajstić information content (AvgIpc) is 2.37. The summed E-state index contributed by atoms with van der Waals surface area (Å²) in [5.41, 5.74) is 11.2. The summed E-state index contributed by atoms with van der Waals surface area (Å²) in [6, 6.07) is 2.69. The normalized spacial score (nSPS) is 10.1. The summed E-state index contributed by atoms with van der Waals surface area (Å²) in [5, 5.41) is 10.5.